The Morgan fingerprint density at radius 3 is 0.970 bits per heavy atom. The highest BCUT2D eigenvalue weighted by molar-refractivity contribution is 5.76. The van der Waals surface area contributed by atoms with Gasteiger partial charge in [0.25, 0.3) is 0 Å². The Labute approximate surface area is 621 Å². The Hall–Kier alpha value is -1.79. The summed E-state index contributed by atoms with van der Waals surface area (Å²) >= 11 is 0. The summed E-state index contributed by atoms with van der Waals surface area (Å²) in [5.41, 5.74) is 0. The molecule has 12 unspecified atom stereocenters. The van der Waals surface area contributed by atoms with Crippen LogP contribution in [-0.2, 0) is 23.7 Å². The zero-order valence-electron chi connectivity index (χ0n) is 65.7. The minimum absolute atomic E-state index is 0.244. The van der Waals surface area contributed by atoms with Gasteiger partial charge in [-0.2, -0.15) is 0 Å². The van der Waals surface area contributed by atoms with Crippen LogP contribution >= 0.6 is 0 Å². The Balaban J connectivity index is 1.57. The Morgan fingerprint density at radius 1 is 0.347 bits per heavy atom. The van der Waals surface area contributed by atoms with Gasteiger partial charge in [0.05, 0.1) is 32.0 Å². The fraction of sp³-hybridized carbons (Fsp3) is 0.920. The van der Waals surface area contributed by atoms with Crippen LogP contribution in [0.15, 0.2) is 36.5 Å². The molecule has 0 aliphatic carbocycles. The molecule has 2 saturated heterocycles. The van der Waals surface area contributed by atoms with Gasteiger partial charge in [0.15, 0.2) is 12.6 Å². The first kappa shape index (κ1) is 95.3. The third kappa shape index (κ3) is 53.6. The zero-order chi connectivity index (χ0) is 73.0. The summed E-state index contributed by atoms with van der Waals surface area (Å²) in [6, 6.07) is -0.939. The highest BCUT2D eigenvalue weighted by Crippen LogP contribution is 2.31. The molecule has 101 heavy (non-hydrogen) atoms. The number of aliphatic hydroxyl groups excluding tert-OH is 8. The van der Waals surface area contributed by atoms with Crippen LogP contribution in [0.25, 0.3) is 0 Å². The van der Waals surface area contributed by atoms with Crippen LogP contribution in [0.2, 0.25) is 0 Å². The lowest BCUT2D eigenvalue weighted by Gasteiger charge is -2.46. The summed E-state index contributed by atoms with van der Waals surface area (Å²) in [5.74, 6) is -0.244. The molecule has 9 N–H and O–H groups in total. The summed E-state index contributed by atoms with van der Waals surface area (Å²) < 4.78 is 22.9. The molecule has 0 radical (unpaired) electrons. The summed E-state index contributed by atoms with van der Waals surface area (Å²) in [5, 5.41) is 87.7. The molecule has 0 saturated carbocycles. The number of unbranched alkanes of at least 4 members (excludes halogenated alkanes) is 58. The number of amides is 1. The third-order valence-corrected chi connectivity index (χ3v) is 21.6. The minimum atomic E-state index is -1.79. The molecule has 2 aliphatic rings. The maximum atomic E-state index is 13.4. The average molecular weight is 1430 g/mol. The van der Waals surface area contributed by atoms with Crippen LogP contribution in [0.1, 0.15) is 418 Å². The molecule has 12 atom stereocenters. The number of carbonyl (C=O) groups is 1. The van der Waals surface area contributed by atoms with Crippen molar-refractivity contribution in [2.75, 3.05) is 19.8 Å². The van der Waals surface area contributed by atoms with E-state index in [9.17, 15) is 45.6 Å². The van der Waals surface area contributed by atoms with Crippen LogP contribution in [0.5, 0.6) is 0 Å². The second-order valence-corrected chi connectivity index (χ2v) is 31.0. The fourth-order valence-corrected chi connectivity index (χ4v) is 14.7. The number of hydrogen-bond donors (Lipinski definition) is 9. The second kappa shape index (κ2) is 71.1. The van der Waals surface area contributed by atoms with Gasteiger partial charge in [-0.15, -0.1) is 0 Å². The quantitative estimate of drug-likeness (QED) is 0.0204. The van der Waals surface area contributed by atoms with Crippen LogP contribution in [0.3, 0.4) is 0 Å². The van der Waals surface area contributed by atoms with Gasteiger partial charge in [-0.1, -0.05) is 403 Å². The predicted octanol–water partition coefficient (Wildman–Crippen LogP) is 20.8. The van der Waals surface area contributed by atoms with Crippen molar-refractivity contribution in [2.45, 2.75) is 492 Å². The highest BCUT2D eigenvalue weighted by Gasteiger charge is 2.51. The van der Waals surface area contributed by atoms with Crippen molar-refractivity contribution < 1.29 is 64.6 Å². The number of aliphatic hydroxyl groups is 8. The number of allylic oxidation sites excluding steroid dienone is 5. The van der Waals surface area contributed by atoms with Crippen molar-refractivity contribution in [3.8, 4) is 0 Å². The molecule has 1 amide bonds. The van der Waals surface area contributed by atoms with Gasteiger partial charge in [0.1, 0.15) is 48.8 Å². The molecule has 2 fully saturated rings. The molecule has 2 heterocycles. The highest BCUT2D eigenvalue weighted by atomic mass is 16.7. The Kier molecular flexibility index (Phi) is 67.1. The molecule has 2 rings (SSSR count). The van der Waals surface area contributed by atoms with E-state index in [1.807, 2.05) is 6.08 Å². The van der Waals surface area contributed by atoms with Crippen molar-refractivity contribution in [3.05, 3.63) is 36.5 Å². The molecule has 0 aromatic carbocycles. The number of ether oxygens (including phenoxy) is 4. The maximum absolute atomic E-state index is 13.4. The van der Waals surface area contributed by atoms with Crippen LogP contribution in [-0.4, -0.2) is 140 Å². The van der Waals surface area contributed by atoms with Gasteiger partial charge >= 0.3 is 0 Å². The van der Waals surface area contributed by atoms with Gasteiger partial charge in [0.2, 0.25) is 5.91 Å². The van der Waals surface area contributed by atoms with Gasteiger partial charge in [0, 0.05) is 6.42 Å². The molecule has 596 valence electrons. The van der Waals surface area contributed by atoms with Crippen molar-refractivity contribution in [1.29, 1.82) is 0 Å². The first-order chi connectivity index (χ1) is 49.6. The van der Waals surface area contributed by atoms with Gasteiger partial charge in [-0.25, -0.2) is 0 Å². The van der Waals surface area contributed by atoms with E-state index in [0.29, 0.717) is 12.8 Å². The van der Waals surface area contributed by atoms with E-state index in [2.05, 4.69) is 43.5 Å². The van der Waals surface area contributed by atoms with Crippen LogP contribution < -0.4 is 5.32 Å². The van der Waals surface area contributed by atoms with E-state index in [4.69, 9.17) is 18.9 Å². The Bertz CT molecular complexity index is 1840. The van der Waals surface area contributed by atoms with E-state index in [1.54, 1.807) is 6.08 Å². The maximum Gasteiger partial charge on any atom is 0.220 e. The largest absolute Gasteiger partial charge is 0.394 e. The van der Waals surface area contributed by atoms with E-state index < -0.39 is 86.8 Å². The lowest BCUT2D eigenvalue weighted by atomic mass is 9.97. The molecular weight excluding hydrogens is 1270 g/mol. The average Bonchev–Trinajstić information content (AvgIpc) is 0.791. The molecule has 0 bridgehead atoms. The first-order valence-electron chi connectivity index (χ1n) is 43.7. The third-order valence-electron chi connectivity index (χ3n) is 21.6. The summed E-state index contributed by atoms with van der Waals surface area (Å²) in [4.78, 5) is 13.4. The van der Waals surface area contributed by atoms with Gasteiger partial charge in [-0.3, -0.25) is 4.79 Å². The van der Waals surface area contributed by atoms with E-state index in [0.717, 1.165) is 44.9 Å². The smallest absolute Gasteiger partial charge is 0.220 e. The van der Waals surface area contributed by atoms with Crippen molar-refractivity contribution in [2.24, 2.45) is 0 Å². The van der Waals surface area contributed by atoms with Crippen molar-refractivity contribution in [1.82, 2.24) is 5.32 Å². The molecule has 0 spiro atoms. The number of carbonyl (C=O) groups excluding carboxylic acids is 1. The predicted molar refractivity (Wildman–Crippen MR) is 420 cm³/mol. The normalized spacial score (nSPS) is 21.8. The van der Waals surface area contributed by atoms with Gasteiger partial charge in [-0.05, 0) is 44.9 Å². The number of hydrogen-bond acceptors (Lipinski definition) is 13. The number of rotatable bonds is 75. The lowest BCUT2D eigenvalue weighted by molar-refractivity contribution is -0.359. The summed E-state index contributed by atoms with van der Waals surface area (Å²) in [6.45, 7) is 2.85. The Morgan fingerprint density at radius 2 is 0.634 bits per heavy atom. The van der Waals surface area contributed by atoms with E-state index in [-0.39, 0.29) is 18.9 Å². The lowest BCUT2D eigenvalue weighted by Crippen LogP contribution is -2.65. The van der Waals surface area contributed by atoms with Crippen LogP contribution in [0.4, 0.5) is 0 Å². The van der Waals surface area contributed by atoms with Crippen molar-refractivity contribution in [3.63, 3.8) is 0 Å². The standard InChI is InChI=1S/C87H165NO13/c1-3-5-7-9-11-13-15-17-19-21-23-25-27-29-31-32-33-34-35-36-37-38-39-40-41-42-43-45-47-49-51-53-55-57-59-61-63-65-67-69-71-79(92)88-75(74-98-86-84(97)82(95)85(78(73-90)100-86)101-87-83(96)81(94)80(93)77(72-89)99-87)76(91)70-68-66-64-62-60-58-56-54-52-50-48-46-44-30-28-26-24-22-20-18-16-14-12-10-8-6-4-2/h52,54,60,62,68,70,75-78,80-87,89-91,93-97H,3-51,53,55-59,61,63-67,69,71-74H2,1-2H3,(H,88,92)/b54-52+,62-60+,70-68+. The van der Waals surface area contributed by atoms with Crippen LogP contribution in [0, 0.1) is 0 Å². The summed E-state index contributed by atoms with van der Waals surface area (Å²) in [6.07, 6.45) is 78.5. The molecule has 14 heteroatoms. The molecule has 0 aromatic rings. The van der Waals surface area contributed by atoms with E-state index >= 15 is 0 Å². The first-order valence-corrected chi connectivity index (χ1v) is 43.7. The summed E-state index contributed by atoms with van der Waals surface area (Å²) in [7, 11) is 0. The van der Waals surface area contributed by atoms with Gasteiger partial charge < -0.3 is 65.1 Å². The monoisotopic (exact) mass is 1430 g/mol. The molecule has 2 aliphatic heterocycles. The van der Waals surface area contributed by atoms with Crippen molar-refractivity contribution >= 4 is 5.91 Å². The minimum Gasteiger partial charge on any atom is -0.394 e. The molecular formula is C87H165NO13. The second-order valence-electron chi connectivity index (χ2n) is 31.0. The molecule has 14 nitrogen and oxygen atoms in total. The SMILES string of the molecule is CCCCCCCCCCCCCCCCCCC/C=C/CC/C=C/CC/C=C/C(O)C(COC1OC(CO)C(OC2OC(CO)C(O)C(O)C2O)C(O)C1O)NC(=O)CCCCCCCCCCCCCCCCCCCCCCCCCCCCCCCCCCCCCCCCCC. The fourth-order valence-electron chi connectivity index (χ4n) is 14.7. The molecule has 0 aromatic heterocycles. The topological polar surface area (TPSA) is 228 Å². The number of nitrogens with one attached hydrogen (secondary N) is 1. The van der Waals surface area contributed by atoms with E-state index in [1.165, 1.54) is 340 Å². The zero-order valence-corrected chi connectivity index (χ0v) is 65.7.